The molecule has 2 heteroatoms. The van der Waals surface area contributed by atoms with Gasteiger partial charge < -0.3 is 9.15 Å². The predicted octanol–water partition coefficient (Wildman–Crippen LogP) is 15.4. The summed E-state index contributed by atoms with van der Waals surface area (Å²) in [4.78, 5) is 0. The number of hydrogen-bond acceptors (Lipinski definition) is 2. The van der Waals surface area contributed by atoms with Gasteiger partial charge >= 0.3 is 0 Å². The van der Waals surface area contributed by atoms with Crippen molar-refractivity contribution in [2.75, 3.05) is 0 Å². The lowest BCUT2D eigenvalue weighted by atomic mass is 9.67. The molecule has 2 nitrogen and oxygen atoms in total. The van der Waals surface area contributed by atoms with Gasteiger partial charge in [0, 0.05) is 21.7 Å². The lowest BCUT2D eigenvalue weighted by Crippen LogP contribution is -2.28. The lowest BCUT2D eigenvalue weighted by molar-refractivity contribution is 0.487. The minimum absolute atomic E-state index is 0.601. The largest absolute Gasteiger partial charge is 0.456 e. The van der Waals surface area contributed by atoms with Gasteiger partial charge in [-0.05, 0) is 138 Å². The normalized spacial score (nSPS) is 13.4. The van der Waals surface area contributed by atoms with Gasteiger partial charge in [0.15, 0.2) is 0 Å². The van der Waals surface area contributed by atoms with Crippen molar-refractivity contribution < 1.29 is 9.15 Å². The van der Waals surface area contributed by atoms with Crippen molar-refractivity contribution in [3.63, 3.8) is 0 Å². The molecule has 0 radical (unpaired) electrons. The maximum atomic E-state index is 6.60. The summed E-state index contributed by atoms with van der Waals surface area (Å²) in [6, 6.07) is 75.5. The van der Waals surface area contributed by atoms with Crippen LogP contribution < -0.4 is 4.74 Å². The molecular formula is C57H34O2. The number of fused-ring (bicyclic) bond motifs is 9. The van der Waals surface area contributed by atoms with Crippen LogP contribution in [0.25, 0.3) is 88.0 Å². The van der Waals surface area contributed by atoms with Crippen LogP contribution in [0.1, 0.15) is 22.3 Å². The molecule has 10 aromatic carbocycles. The van der Waals surface area contributed by atoms with Crippen molar-refractivity contribution >= 4 is 43.5 Å². The summed E-state index contributed by atoms with van der Waals surface area (Å²) in [5.74, 6) is 1.78. The highest BCUT2D eigenvalue weighted by atomic mass is 16.5. The molecule has 59 heavy (non-hydrogen) atoms. The number of ether oxygens (including phenoxy) is 1. The van der Waals surface area contributed by atoms with E-state index in [-0.39, 0.29) is 0 Å². The third kappa shape index (κ3) is 4.57. The van der Waals surface area contributed by atoms with E-state index in [1.165, 1.54) is 60.7 Å². The topological polar surface area (TPSA) is 22.4 Å². The van der Waals surface area contributed by atoms with Crippen molar-refractivity contribution in [3.8, 4) is 56.0 Å². The first kappa shape index (κ1) is 32.4. The van der Waals surface area contributed by atoms with Gasteiger partial charge in [0.1, 0.15) is 22.7 Å². The van der Waals surface area contributed by atoms with Gasteiger partial charge in [-0.2, -0.15) is 0 Å². The van der Waals surface area contributed by atoms with Crippen LogP contribution in [0.3, 0.4) is 0 Å². The predicted molar refractivity (Wildman–Crippen MR) is 242 cm³/mol. The lowest BCUT2D eigenvalue weighted by Gasteiger charge is -2.34. The summed E-state index contributed by atoms with van der Waals surface area (Å²) in [6.07, 6.45) is 0. The standard InChI is InChI=1S/C57H34O2/c1-3-17-41(18-4-1)57(42-19-5-2-6-20-42)49-33-37-14-8-7-13-36(37)30-48(49)56-45(39-26-28-52-46(31-39)43-21-9-10-23-51(43)58-52)32-40(34-50(56)57)38-25-27-53-47(29-38)44-22-11-15-35-16-12-24-54(59-53)55(35)44/h1-34H. The number of para-hydroxylation sites is 1. The molecule has 2 heterocycles. The Bertz CT molecular complexity index is 3480. The van der Waals surface area contributed by atoms with E-state index >= 15 is 0 Å². The van der Waals surface area contributed by atoms with Crippen molar-refractivity contribution in [2.24, 2.45) is 0 Å². The molecule has 1 aromatic heterocycles. The number of hydrogen-bond donors (Lipinski definition) is 0. The molecule has 0 saturated carbocycles. The zero-order valence-corrected chi connectivity index (χ0v) is 31.9. The molecule has 1 aliphatic heterocycles. The molecule has 0 N–H and O–H groups in total. The summed E-state index contributed by atoms with van der Waals surface area (Å²) in [7, 11) is 0. The second kappa shape index (κ2) is 12.2. The Morgan fingerprint density at radius 3 is 1.81 bits per heavy atom. The van der Waals surface area contributed by atoms with Crippen LogP contribution in [0.2, 0.25) is 0 Å². The first-order valence-electron chi connectivity index (χ1n) is 20.3. The average molecular weight is 751 g/mol. The minimum Gasteiger partial charge on any atom is -0.456 e. The Morgan fingerprint density at radius 2 is 1.00 bits per heavy atom. The van der Waals surface area contributed by atoms with Crippen LogP contribution in [0, 0.1) is 0 Å². The average Bonchev–Trinajstić information content (AvgIpc) is 3.81. The highest BCUT2D eigenvalue weighted by molar-refractivity contribution is 6.09. The fourth-order valence-corrected chi connectivity index (χ4v) is 10.3. The molecule has 0 bridgehead atoms. The molecule has 1 aliphatic carbocycles. The molecule has 0 atom stereocenters. The molecule has 0 saturated heterocycles. The first-order chi connectivity index (χ1) is 29.2. The maximum Gasteiger partial charge on any atom is 0.135 e. The first-order valence-corrected chi connectivity index (χ1v) is 20.3. The molecule has 0 amide bonds. The number of rotatable bonds is 4. The van der Waals surface area contributed by atoms with E-state index in [4.69, 9.17) is 9.15 Å². The van der Waals surface area contributed by atoms with E-state index < -0.39 is 5.41 Å². The molecule has 0 fully saturated rings. The van der Waals surface area contributed by atoms with E-state index in [9.17, 15) is 0 Å². The van der Waals surface area contributed by atoms with Crippen LogP contribution in [0.4, 0.5) is 0 Å². The molecule has 274 valence electrons. The van der Waals surface area contributed by atoms with Crippen molar-refractivity contribution in [1.82, 2.24) is 0 Å². The Hall–Kier alpha value is -7.68. The summed E-state index contributed by atoms with van der Waals surface area (Å²) in [6.45, 7) is 0. The molecule has 2 aliphatic rings. The summed E-state index contributed by atoms with van der Waals surface area (Å²) >= 11 is 0. The van der Waals surface area contributed by atoms with E-state index in [2.05, 4.69) is 200 Å². The fourth-order valence-electron chi connectivity index (χ4n) is 10.3. The van der Waals surface area contributed by atoms with Crippen molar-refractivity contribution in [3.05, 3.63) is 229 Å². The zero-order chi connectivity index (χ0) is 38.7. The molecule has 0 spiro atoms. The summed E-state index contributed by atoms with van der Waals surface area (Å²) in [5, 5.41) is 7.03. The molecule has 0 unspecified atom stereocenters. The van der Waals surface area contributed by atoms with E-state index in [0.29, 0.717) is 0 Å². The van der Waals surface area contributed by atoms with E-state index in [0.717, 1.165) is 61.1 Å². The Labute approximate surface area is 341 Å². The van der Waals surface area contributed by atoms with Gasteiger partial charge in [-0.1, -0.05) is 146 Å². The Morgan fingerprint density at radius 1 is 0.339 bits per heavy atom. The second-order valence-corrected chi connectivity index (χ2v) is 16.0. The van der Waals surface area contributed by atoms with Gasteiger partial charge in [0.05, 0.1) is 5.41 Å². The number of benzene rings is 10. The number of furan rings is 1. The SMILES string of the molecule is c1ccc(C2(c3ccccc3)c3cc4ccccc4cc3-c3c(-c4ccc5oc6ccccc6c5c4)cc(-c4ccc5c(c4)-c4cccc6cccc(c46)O5)cc32)cc1. The van der Waals surface area contributed by atoms with Gasteiger partial charge in [0.2, 0.25) is 0 Å². The van der Waals surface area contributed by atoms with Gasteiger partial charge in [-0.25, -0.2) is 0 Å². The molecular weight excluding hydrogens is 717 g/mol. The van der Waals surface area contributed by atoms with Crippen LogP contribution >= 0.6 is 0 Å². The zero-order valence-electron chi connectivity index (χ0n) is 31.9. The smallest absolute Gasteiger partial charge is 0.135 e. The van der Waals surface area contributed by atoms with Crippen LogP contribution in [-0.4, -0.2) is 0 Å². The third-order valence-electron chi connectivity index (χ3n) is 12.9. The second-order valence-electron chi connectivity index (χ2n) is 16.0. The monoisotopic (exact) mass is 750 g/mol. The summed E-state index contributed by atoms with van der Waals surface area (Å²) < 4.78 is 13.0. The maximum absolute atomic E-state index is 6.60. The quantitative estimate of drug-likeness (QED) is 0.179. The van der Waals surface area contributed by atoms with E-state index in [1.54, 1.807) is 0 Å². The van der Waals surface area contributed by atoms with Gasteiger partial charge in [-0.3, -0.25) is 0 Å². The summed E-state index contributed by atoms with van der Waals surface area (Å²) in [5.41, 5.74) is 15.7. The van der Waals surface area contributed by atoms with Gasteiger partial charge in [-0.15, -0.1) is 0 Å². The van der Waals surface area contributed by atoms with E-state index in [1.807, 2.05) is 6.07 Å². The van der Waals surface area contributed by atoms with Crippen LogP contribution in [0.5, 0.6) is 11.5 Å². The minimum atomic E-state index is -0.601. The Balaban J connectivity index is 1.16. The van der Waals surface area contributed by atoms with Crippen molar-refractivity contribution in [2.45, 2.75) is 5.41 Å². The molecule has 13 rings (SSSR count). The van der Waals surface area contributed by atoms with Crippen molar-refractivity contribution in [1.29, 1.82) is 0 Å². The van der Waals surface area contributed by atoms with Crippen LogP contribution in [0.15, 0.2) is 211 Å². The highest BCUT2D eigenvalue weighted by Gasteiger charge is 2.47. The van der Waals surface area contributed by atoms with Crippen LogP contribution in [-0.2, 0) is 5.41 Å². The molecule has 11 aromatic rings. The van der Waals surface area contributed by atoms with Gasteiger partial charge in [0.25, 0.3) is 0 Å². The fraction of sp³-hybridized carbons (Fsp3) is 0.0175. The Kier molecular flexibility index (Phi) is 6.68. The highest BCUT2D eigenvalue weighted by Crippen LogP contribution is 2.60. The third-order valence-corrected chi connectivity index (χ3v) is 12.9.